The van der Waals surface area contributed by atoms with E-state index in [1.54, 1.807) is 12.1 Å². The zero-order chi connectivity index (χ0) is 11.5. The van der Waals surface area contributed by atoms with Crippen LogP contribution in [0.15, 0.2) is 22.7 Å². The Morgan fingerprint density at radius 2 is 2.38 bits per heavy atom. The molecule has 16 heavy (non-hydrogen) atoms. The molecule has 0 bridgehead atoms. The normalized spacial score (nSPS) is 22.3. The lowest BCUT2D eigenvalue weighted by Gasteiger charge is -2.18. The zero-order valence-electron chi connectivity index (χ0n) is 8.96. The van der Waals surface area contributed by atoms with Crippen LogP contribution in [0.5, 0.6) is 0 Å². The highest BCUT2D eigenvalue weighted by Crippen LogP contribution is 2.23. The van der Waals surface area contributed by atoms with Gasteiger partial charge in [0.15, 0.2) is 0 Å². The van der Waals surface area contributed by atoms with Crippen LogP contribution >= 0.6 is 15.9 Å². The largest absolute Gasteiger partial charge is 0.381 e. The average molecular weight is 288 g/mol. The molecule has 1 aliphatic heterocycles. The smallest absolute Gasteiger partial charge is 0.123 e. The maximum absolute atomic E-state index is 13.1. The van der Waals surface area contributed by atoms with Gasteiger partial charge in [-0.2, -0.15) is 0 Å². The van der Waals surface area contributed by atoms with Gasteiger partial charge in [-0.25, -0.2) is 4.39 Å². The fraction of sp³-hybridized carbons (Fsp3) is 0.500. The number of rotatable bonds is 3. The van der Waals surface area contributed by atoms with Crippen molar-refractivity contribution < 1.29 is 9.13 Å². The van der Waals surface area contributed by atoms with Gasteiger partial charge >= 0.3 is 0 Å². The molecule has 1 aromatic carbocycles. The van der Waals surface area contributed by atoms with Crippen molar-refractivity contribution in [1.82, 2.24) is 0 Å². The Bertz CT molecular complexity index is 366. The standard InChI is InChI=1S/C12H15BrFNO/c13-11-2-1-10(14)5-9(11)6-12(15)8-3-4-16-7-8/h1-2,5,8,12H,3-4,6-7,15H2. The fourth-order valence-electron chi connectivity index (χ4n) is 2.01. The number of halogens is 2. The molecule has 2 nitrogen and oxygen atoms in total. The maximum Gasteiger partial charge on any atom is 0.123 e. The van der Waals surface area contributed by atoms with E-state index in [1.165, 1.54) is 6.07 Å². The van der Waals surface area contributed by atoms with Crippen LogP contribution < -0.4 is 5.73 Å². The third-order valence-corrected chi connectivity index (χ3v) is 3.81. The van der Waals surface area contributed by atoms with Gasteiger partial charge in [0.1, 0.15) is 5.82 Å². The first-order valence-electron chi connectivity index (χ1n) is 5.44. The third kappa shape index (κ3) is 2.81. The summed E-state index contributed by atoms with van der Waals surface area (Å²) in [5.41, 5.74) is 7.04. The Balaban J connectivity index is 2.04. The molecular formula is C12H15BrFNO. The highest BCUT2D eigenvalue weighted by Gasteiger charge is 2.23. The summed E-state index contributed by atoms with van der Waals surface area (Å²) in [5.74, 6) is 0.184. The van der Waals surface area contributed by atoms with Crippen LogP contribution in [0, 0.1) is 11.7 Å². The van der Waals surface area contributed by atoms with E-state index in [0.717, 1.165) is 29.7 Å². The van der Waals surface area contributed by atoms with E-state index in [-0.39, 0.29) is 11.9 Å². The van der Waals surface area contributed by atoms with Gasteiger partial charge < -0.3 is 10.5 Å². The molecule has 0 radical (unpaired) electrons. The Labute approximate surface area is 103 Å². The molecule has 0 aliphatic carbocycles. The van der Waals surface area contributed by atoms with Crippen molar-refractivity contribution in [1.29, 1.82) is 0 Å². The van der Waals surface area contributed by atoms with Crippen LogP contribution in [0.1, 0.15) is 12.0 Å². The van der Waals surface area contributed by atoms with Gasteiger partial charge in [0.25, 0.3) is 0 Å². The molecule has 1 heterocycles. The molecule has 88 valence electrons. The van der Waals surface area contributed by atoms with E-state index in [2.05, 4.69) is 15.9 Å². The van der Waals surface area contributed by atoms with E-state index >= 15 is 0 Å². The summed E-state index contributed by atoms with van der Waals surface area (Å²) < 4.78 is 19.3. The molecule has 4 heteroatoms. The molecule has 0 saturated carbocycles. The van der Waals surface area contributed by atoms with Gasteiger partial charge in [0.05, 0.1) is 6.61 Å². The third-order valence-electron chi connectivity index (χ3n) is 3.03. The Morgan fingerprint density at radius 3 is 3.06 bits per heavy atom. The topological polar surface area (TPSA) is 35.2 Å². The van der Waals surface area contributed by atoms with Crippen LogP contribution in [0.2, 0.25) is 0 Å². The van der Waals surface area contributed by atoms with Crippen molar-refractivity contribution in [2.45, 2.75) is 18.9 Å². The molecule has 0 aromatic heterocycles. The average Bonchev–Trinajstić information content (AvgIpc) is 2.76. The molecule has 0 spiro atoms. The minimum atomic E-state index is -0.215. The first-order valence-corrected chi connectivity index (χ1v) is 6.23. The predicted octanol–water partition coefficient (Wildman–Crippen LogP) is 2.49. The molecule has 1 aliphatic rings. The van der Waals surface area contributed by atoms with Crippen LogP contribution in [0.3, 0.4) is 0 Å². The van der Waals surface area contributed by atoms with Gasteiger partial charge in [0.2, 0.25) is 0 Å². The van der Waals surface area contributed by atoms with Gasteiger partial charge in [-0.05, 0) is 42.5 Å². The minimum Gasteiger partial charge on any atom is -0.381 e. The highest BCUT2D eigenvalue weighted by atomic mass is 79.9. The number of hydrogen-bond donors (Lipinski definition) is 1. The molecular weight excluding hydrogens is 273 g/mol. The zero-order valence-corrected chi connectivity index (χ0v) is 10.5. The Kier molecular flexibility index (Phi) is 3.95. The van der Waals surface area contributed by atoms with E-state index in [9.17, 15) is 4.39 Å². The second-order valence-corrected chi connectivity index (χ2v) is 5.08. The Morgan fingerprint density at radius 1 is 1.56 bits per heavy atom. The van der Waals surface area contributed by atoms with E-state index in [0.29, 0.717) is 12.3 Å². The van der Waals surface area contributed by atoms with Gasteiger partial charge in [0, 0.05) is 17.1 Å². The van der Waals surface area contributed by atoms with Crippen LogP contribution in [0.4, 0.5) is 4.39 Å². The SMILES string of the molecule is NC(Cc1cc(F)ccc1Br)C1CCOC1. The number of benzene rings is 1. The molecule has 1 saturated heterocycles. The molecule has 2 N–H and O–H groups in total. The summed E-state index contributed by atoms with van der Waals surface area (Å²) in [5, 5.41) is 0. The maximum atomic E-state index is 13.1. The van der Waals surface area contributed by atoms with Crippen molar-refractivity contribution in [3.8, 4) is 0 Å². The Hall–Kier alpha value is -0.450. The summed E-state index contributed by atoms with van der Waals surface area (Å²) in [7, 11) is 0. The molecule has 2 atom stereocenters. The summed E-state index contributed by atoms with van der Waals surface area (Å²) in [6.07, 6.45) is 1.69. The number of nitrogens with two attached hydrogens (primary N) is 1. The first-order chi connectivity index (χ1) is 7.66. The summed E-state index contributed by atoms with van der Waals surface area (Å²) >= 11 is 3.41. The molecule has 1 aromatic rings. The van der Waals surface area contributed by atoms with E-state index in [1.807, 2.05) is 0 Å². The van der Waals surface area contributed by atoms with Crippen molar-refractivity contribution in [3.63, 3.8) is 0 Å². The van der Waals surface area contributed by atoms with E-state index in [4.69, 9.17) is 10.5 Å². The van der Waals surface area contributed by atoms with Gasteiger partial charge in [-0.3, -0.25) is 0 Å². The van der Waals surface area contributed by atoms with Crippen molar-refractivity contribution in [2.24, 2.45) is 11.7 Å². The highest BCUT2D eigenvalue weighted by molar-refractivity contribution is 9.10. The second kappa shape index (κ2) is 5.25. The first kappa shape index (κ1) is 12.0. The fourth-order valence-corrected chi connectivity index (χ4v) is 2.42. The van der Waals surface area contributed by atoms with Crippen molar-refractivity contribution in [2.75, 3.05) is 13.2 Å². The van der Waals surface area contributed by atoms with Gasteiger partial charge in [-0.15, -0.1) is 0 Å². The predicted molar refractivity (Wildman–Crippen MR) is 64.7 cm³/mol. The molecule has 2 rings (SSSR count). The minimum absolute atomic E-state index is 0.0422. The molecule has 1 fully saturated rings. The lowest BCUT2D eigenvalue weighted by Crippen LogP contribution is -2.32. The van der Waals surface area contributed by atoms with Crippen LogP contribution in [0.25, 0.3) is 0 Å². The number of ether oxygens (including phenoxy) is 1. The lowest BCUT2D eigenvalue weighted by atomic mass is 9.94. The second-order valence-electron chi connectivity index (χ2n) is 4.23. The molecule has 2 unspecified atom stereocenters. The quantitative estimate of drug-likeness (QED) is 0.927. The lowest BCUT2D eigenvalue weighted by molar-refractivity contribution is 0.180. The summed E-state index contributed by atoms with van der Waals surface area (Å²) in [6, 6.07) is 4.75. The number of hydrogen-bond acceptors (Lipinski definition) is 2. The van der Waals surface area contributed by atoms with Crippen molar-refractivity contribution in [3.05, 3.63) is 34.1 Å². The van der Waals surface area contributed by atoms with E-state index < -0.39 is 0 Å². The summed E-state index contributed by atoms with van der Waals surface area (Å²) in [4.78, 5) is 0. The molecule has 0 amide bonds. The monoisotopic (exact) mass is 287 g/mol. The van der Waals surface area contributed by atoms with Gasteiger partial charge in [-0.1, -0.05) is 15.9 Å². The van der Waals surface area contributed by atoms with Crippen molar-refractivity contribution >= 4 is 15.9 Å². The van der Waals surface area contributed by atoms with Crippen LogP contribution in [-0.4, -0.2) is 19.3 Å². The van der Waals surface area contributed by atoms with Crippen LogP contribution in [-0.2, 0) is 11.2 Å². The summed E-state index contributed by atoms with van der Waals surface area (Å²) in [6.45, 7) is 1.52.